The molecule has 6 nitrogen and oxygen atoms in total. The maximum absolute atomic E-state index is 12.7. The summed E-state index contributed by atoms with van der Waals surface area (Å²) in [6.07, 6.45) is 0. The van der Waals surface area contributed by atoms with E-state index in [4.69, 9.17) is 4.74 Å². The fourth-order valence-electron chi connectivity index (χ4n) is 2.19. The van der Waals surface area contributed by atoms with E-state index in [1.165, 1.54) is 11.3 Å². The molecule has 0 bridgehead atoms. The van der Waals surface area contributed by atoms with E-state index in [-0.39, 0.29) is 5.56 Å². The largest absolute Gasteiger partial charge is 0.383 e. The van der Waals surface area contributed by atoms with Gasteiger partial charge >= 0.3 is 0 Å². The molecule has 2 aromatic rings. The first-order valence-electron chi connectivity index (χ1n) is 6.86. The summed E-state index contributed by atoms with van der Waals surface area (Å²) in [4.78, 5) is 12.7. The van der Waals surface area contributed by atoms with Gasteiger partial charge in [0.15, 0.2) is 5.01 Å². The lowest BCUT2D eigenvalue weighted by molar-refractivity contribution is 0.185. The van der Waals surface area contributed by atoms with E-state index in [1.54, 1.807) is 11.7 Å². The van der Waals surface area contributed by atoms with Gasteiger partial charge in [-0.25, -0.2) is 0 Å². The summed E-state index contributed by atoms with van der Waals surface area (Å²) in [6.45, 7) is 7.67. The highest BCUT2D eigenvalue weighted by Gasteiger charge is 2.16. The lowest BCUT2D eigenvalue weighted by Gasteiger charge is -2.12. The van der Waals surface area contributed by atoms with Crippen molar-refractivity contribution in [1.82, 2.24) is 14.8 Å². The average molecular weight is 308 g/mol. The van der Waals surface area contributed by atoms with Crippen LogP contribution in [0, 0.1) is 13.8 Å². The summed E-state index contributed by atoms with van der Waals surface area (Å²) < 4.78 is 6.79. The minimum atomic E-state index is -0.0382. The predicted octanol–water partition coefficient (Wildman–Crippen LogP) is 2.06. The number of nitrogens with one attached hydrogen (secondary N) is 1. The summed E-state index contributed by atoms with van der Waals surface area (Å²) in [7, 11) is 1.63. The molecule has 0 radical (unpaired) electrons. The van der Waals surface area contributed by atoms with Crippen molar-refractivity contribution < 1.29 is 4.74 Å². The van der Waals surface area contributed by atoms with Crippen LogP contribution >= 0.6 is 11.3 Å². The van der Waals surface area contributed by atoms with E-state index in [1.807, 2.05) is 26.8 Å². The van der Waals surface area contributed by atoms with Crippen LogP contribution in [0.3, 0.4) is 0 Å². The molecule has 0 unspecified atom stereocenters. The number of hydrogen-bond donors (Lipinski definition) is 1. The molecular weight excluding hydrogens is 288 g/mol. The van der Waals surface area contributed by atoms with Crippen molar-refractivity contribution in [2.45, 2.75) is 27.3 Å². The van der Waals surface area contributed by atoms with Crippen LogP contribution in [0.15, 0.2) is 10.9 Å². The summed E-state index contributed by atoms with van der Waals surface area (Å²) in [6, 6.07) is 2.00. The Labute approximate surface area is 127 Å². The number of methoxy groups -OCH3 is 1. The van der Waals surface area contributed by atoms with E-state index in [2.05, 4.69) is 15.5 Å². The zero-order chi connectivity index (χ0) is 15.4. The van der Waals surface area contributed by atoms with Gasteiger partial charge in [-0.15, -0.1) is 10.2 Å². The molecule has 7 heteroatoms. The Morgan fingerprint density at radius 2 is 2.14 bits per heavy atom. The molecule has 2 rings (SSSR count). The second kappa shape index (κ2) is 6.82. The molecule has 0 aliphatic rings. The van der Waals surface area contributed by atoms with Gasteiger partial charge in [-0.3, -0.25) is 4.79 Å². The van der Waals surface area contributed by atoms with E-state index in [9.17, 15) is 4.79 Å². The Kier molecular flexibility index (Phi) is 5.08. The Bertz CT molecular complexity index is 678. The van der Waals surface area contributed by atoms with Crippen LogP contribution in [0.25, 0.3) is 10.6 Å². The monoisotopic (exact) mass is 308 g/mol. The van der Waals surface area contributed by atoms with Gasteiger partial charge in [-0.2, -0.15) is 0 Å². The minimum Gasteiger partial charge on any atom is -0.383 e. The first kappa shape index (κ1) is 15.7. The maximum Gasteiger partial charge on any atom is 0.261 e. The third-order valence-electron chi connectivity index (χ3n) is 3.19. The van der Waals surface area contributed by atoms with E-state index >= 15 is 0 Å². The highest BCUT2D eigenvalue weighted by Crippen LogP contribution is 2.26. The molecule has 0 aromatic carbocycles. The van der Waals surface area contributed by atoms with Crippen LogP contribution in [-0.2, 0) is 11.3 Å². The molecule has 1 N–H and O–H groups in total. The third kappa shape index (κ3) is 3.30. The molecular formula is C14H20N4O2S. The number of ether oxygens (including phenoxy) is 1. The van der Waals surface area contributed by atoms with Crippen LogP contribution in [0.1, 0.15) is 18.2 Å². The Morgan fingerprint density at radius 1 is 1.38 bits per heavy atom. The van der Waals surface area contributed by atoms with Crippen molar-refractivity contribution in [3.05, 3.63) is 27.7 Å². The van der Waals surface area contributed by atoms with Gasteiger partial charge in [-0.1, -0.05) is 11.3 Å². The molecule has 0 saturated carbocycles. The summed E-state index contributed by atoms with van der Waals surface area (Å²) in [5.74, 6) is 0. The van der Waals surface area contributed by atoms with Crippen molar-refractivity contribution in [3.8, 4) is 10.6 Å². The van der Waals surface area contributed by atoms with Gasteiger partial charge in [0, 0.05) is 25.9 Å². The Balaban J connectivity index is 2.49. The topological polar surface area (TPSA) is 69.0 Å². The molecule has 0 aliphatic carbocycles. The predicted molar refractivity (Wildman–Crippen MR) is 85.1 cm³/mol. The molecule has 0 amide bonds. The second-order valence-corrected chi connectivity index (χ2v) is 5.71. The first-order valence-corrected chi connectivity index (χ1v) is 7.67. The molecule has 0 atom stereocenters. The molecule has 0 aliphatic heterocycles. The second-order valence-electron chi connectivity index (χ2n) is 4.74. The van der Waals surface area contributed by atoms with Crippen molar-refractivity contribution in [2.24, 2.45) is 0 Å². The van der Waals surface area contributed by atoms with Gasteiger partial charge in [0.25, 0.3) is 5.56 Å². The smallest absolute Gasteiger partial charge is 0.261 e. The third-order valence-corrected chi connectivity index (χ3v) is 4.09. The fourth-order valence-corrected chi connectivity index (χ4v) is 3.11. The Morgan fingerprint density at radius 3 is 2.81 bits per heavy atom. The highest BCUT2D eigenvalue weighted by atomic mass is 32.1. The standard InChI is InChI=1S/C14H20N4O2S/c1-5-15-14-17-16-12(21-14)11-9(2)8-10(3)18(13(11)19)6-7-20-4/h8H,5-7H2,1-4H3,(H,15,17). The molecule has 2 heterocycles. The number of aryl methyl sites for hydroxylation is 2. The number of aromatic nitrogens is 3. The van der Waals surface area contributed by atoms with Gasteiger partial charge in [0.05, 0.1) is 12.2 Å². The lowest BCUT2D eigenvalue weighted by atomic mass is 10.1. The quantitative estimate of drug-likeness (QED) is 0.884. The van der Waals surface area contributed by atoms with Gasteiger partial charge in [0.2, 0.25) is 5.13 Å². The summed E-state index contributed by atoms with van der Waals surface area (Å²) in [5, 5.41) is 12.7. The maximum atomic E-state index is 12.7. The van der Waals surface area contributed by atoms with Gasteiger partial charge in [0.1, 0.15) is 0 Å². The van der Waals surface area contributed by atoms with Gasteiger partial charge < -0.3 is 14.6 Å². The van der Waals surface area contributed by atoms with Crippen LogP contribution in [-0.4, -0.2) is 35.0 Å². The molecule has 0 saturated heterocycles. The summed E-state index contributed by atoms with van der Waals surface area (Å²) >= 11 is 1.40. The number of pyridine rings is 1. The number of hydrogen-bond acceptors (Lipinski definition) is 6. The van der Waals surface area contributed by atoms with Crippen LogP contribution in [0.4, 0.5) is 5.13 Å². The number of anilines is 1. The normalized spacial score (nSPS) is 10.9. The molecule has 2 aromatic heterocycles. The van der Waals surface area contributed by atoms with Crippen LogP contribution in [0.2, 0.25) is 0 Å². The van der Waals surface area contributed by atoms with Crippen molar-refractivity contribution in [1.29, 1.82) is 0 Å². The van der Waals surface area contributed by atoms with Crippen molar-refractivity contribution in [3.63, 3.8) is 0 Å². The zero-order valence-electron chi connectivity index (χ0n) is 12.8. The fraction of sp³-hybridized carbons (Fsp3) is 0.500. The first-order chi connectivity index (χ1) is 10.1. The minimum absolute atomic E-state index is 0.0382. The van der Waals surface area contributed by atoms with Crippen molar-refractivity contribution >= 4 is 16.5 Å². The molecule has 0 spiro atoms. The summed E-state index contributed by atoms with van der Waals surface area (Å²) in [5.41, 5.74) is 2.43. The number of nitrogens with zero attached hydrogens (tertiary/aromatic N) is 3. The lowest BCUT2D eigenvalue weighted by Crippen LogP contribution is -2.26. The van der Waals surface area contributed by atoms with Crippen LogP contribution in [0.5, 0.6) is 0 Å². The number of rotatable bonds is 6. The Hall–Kier alpha value is -1.73. The van der Waals surface area contributed by atoms with Crippen molar-refractivity contribution in [2.75, 3.05) is 25.6 Å². The zero-order valence-corrected chi connectivity index (χ0v) is 13.6. The SMILES string of the molecule is CCNc1nnc(-c2c(C)cc(C)n(CCOC)c2=O)s1. The molecule has 114 valence electrons. The highest BCUT2D eigenvalue weighted by molar-refractivity contribution is 7.18. The average Bonchev–Trinajstić information content (AvgIpc) is 2.87. The van der Waals surface area contributed by atoms with E-state index in [0.29, 0.717) is 23.7 Å². The molecule has 0 fully saturated rings. The molecule has 21 heavy (non-hydrogen) atoms. The van der Waals surface area contributed by atoms with E-state index < -0.39 is 0 Å². The van der Waals surface area contributed by atoms with Crippen LogP contribution < -0.4 is 10.9 Å². The van der Waals surface area contributed by atoms with E-state index in [0.717, 1.165) is 22.9 Å². The van der Waals surface area contributed by atoms with Gasteiger partial charge in [-0.05, 0) is 32.4 Å².